The Morgan fingerprint density at radius 3 is 2.53 bits per heavy atom. The predicted molar refractivity (Wildman–Crippen MR) is 57.9 cm³/mol. The van der Waals surface area contributed by atoms with Crippen LogP contribution in [0.2, 0.25) is 0 Å². The molecule has 19 heavy (non-hydrogen) atoms. The van der Waals surface area contributed by atoms with Crippen molar-refractivity contribution in [2.24, 2.45) is 0 Å². The monoisotopic (exact) mass is 276 g/mol. The first-order chi connectivity index (χ1) is 8.84. The van der Waals surface area contributed by atoms with Gasteiger partial charge in [0.1, 0.15) is 0 Å². The van der Waals surface area contributed by atoms with Crippen LogP contribution in [-0.2, 0) is 6.18 Å². The topological polar surface area (TPSA) is 61.3 Å². The maximum atomic E-state index is 13.5. The van der Waals surface area contributed by atoms with E-state index in [0.29, 0.717) is 0 Å². The molecule has 0 spiro atoms. The standard InChI is InChI=1S/C11H8F4N2O2/c1-18-7-3-2-5(4-6(7)12)8-9(11(13,14)15)17-19-10(8)16/h2-4H,16H2,1H3. The number of aromatic nitrogens is 1. The number of nitrogens with zero attached hydrogens (tertiary/aromatic N) is 1. The molecular formula is C11H8F4N2O2. The SMILES string of the molecule is COc1ccc(-c2c(C(F)(F)F)noc2N)cc1F. The molecule has 0 unspecified atom stereocenters. The van der Waals surface area contributed by atoms with Gasteiger partial charge in [0, 0.05) is 0 Å². The van der Waals surface area contributed by atoms with Gasteiger partial charge in [-0.2, -0.15) is 13.2 Å². The second-order valence-corrected chi connectivity index (χ2v) is 3.62. The average molecular weight is 276 g/mol. The van der Waals surface area contributed by atoms with Crippen LogP contribution in [-0.4, -0.2) is 12.3 Å². The summed E-state index contributed by atoms with van der Waals surface area (Å²) in [6.45, 7) is 0. The number of benzene rings is 1. The molecule has 1 aromatic carbocycles. The van der Waals surface area contributed by atoms with E-state index in [1.165, 1.54) is 19.2 Å². The third-order valence-corrected chi connectivity index (χ3v) is 2.43. The summed E-state index contributed by atoms with van der Waals surface area (Å²) in [6.07, 6.45) is -4.74. The van der Waals surface area contributed by atoms with Crippen LogP contribution in [0.25, 0.3) is 11.1 Å². The van der Waals surface area contributed by atoms with E-state index >= 15 is 0 Å². The molecule has 1 heterocycles. The molecule has 0 saturated carbocycles. The van der Waals surface area contributed by atoms with E-state index < -0.39 is 29.1 Å². The Kier molecular flexibility index (Phi) is 3.09. The molecule has 0 aliphatic heterocycles. The number of nitrogen functional groups attached to an aromatic ring is 1. The second-order valence-electron chi connectivity index (χ2n) is 3.62. The minimum atomic E-state index is -4.74. The molecule has 4 nitrogen and oxygen atoms in total. The number of rotatable bonds is 2. The number of ether oxygens (including phenoxy) is 1. The van der Waals surface area contributed by atoms with Crippen molar-refractivity contribution >= 4 is 5.88 Å². The molecule has 2 N–H and O–H groups in total. The van der Waals surface area contributed by atoms with Crippen molar-refractivity contribution in [3.05, 3.63) is 29.7 Å². The minimum absolute atomic E-state index is 0.0904. The number of anilines is 1. The Balaban J connectivity index is 2.59. The predicted octanol–water partition coefficient (Wildman–Crippen LogP) is 3.09. The fraction of sp³-hybridized carbons (Fsp3) is 0.182. The first-order valence-electron chi connectivity index (χ1n) is 5.01. The van der Waals surface area contributed by atoms with Crippen molar-refractivity contribution < 1.29 is 26.8 Å². The molecule has 2 aromatic rings. The smallest absolute Gasteiger partial charge is 0.437 e. The molecule has 102 valence electrons. The minimum Gasteiger partial charge on any atom is -0.494 e. The Morgan fingerprint density at radius 2 is 2.00 bits per heavy atom. The van der Waals surface area contributed by atoms with E-state index in [0.717, 1.165) is 6.07 Å². The lowest BCUT2D eigenvalue weighted by Gasteiger charge is -2.07. The molecule has 1 aromatic heterocycles. The molecule has 0 amide bonds. The number of nitrogens with two attached hydrogens (primary N) is 1. The van der Waals surface area contributed by atoms with Crippen molar-refractivity contribution in [2.75, 3.05) is 12.8 Å². The average Bonchev–Trinajstić information content (AvgIpc) is 2.70. The molecule has 2 rings (SSSR count). The van der Waals surface area contributed by atoms with Crippen LogP contribution >= 0.6 is 0 Å². The van der Waals surface area contributed by atoms with Gasteiger partial charge in [0.2, 0.25) is 5.88 Å². The summed E-state index contributed by atoms with van der Waals surface area (Å²) in [4.78, 5) is 0. The van der Waals surface area contributed by atoms with Crippen LogP contribution in [0.3, 0.4) is 0 Å². The van der Waals surface area contributed by atoms with Crippen molar-refractivity contribution in [1.82, 2.24) is 5.16 Å². The van der Waals surface area contributed by atoms with Gasteiger partial charge in [-0.25, -0.2) is 4.39 Å². The molecule has 0 aliphatic rings. The van der Waals surface area contributed by atoms with Crippen LogP contribution < -0.4 is 10.5 Å². The lowest BCUT2D eigenvalue weighted by atomic mass is 10.0. The molecule has 0 atom stereocenters. The van der Waals surface area contributed by atoms with E-state index in [9.17, 15) is 17.6 Å². The van der Waals surface area contributed by atoms with Gasteiger partial charge in [-0.1, -0.05) is 11.2 Å². The van der Waals surface area contributed by atoms with E-state index in [1.54, 1.807) is 0 Å². The lowest BCUT2D eigenvalue weighted by Crippen LogP contribution is -2.07. The quantitative estimate of drug-likeness (QED) is 0.856. The van der Waals surface area contributed by atoms with Gasteiger partial charge in [0.05, 0.1) is 12.7 Å². The summed E-state index contributed by atoms with van der Waals surface area (Å²) >= 11 is 0. The van der Waals surface area contributed by atoms with Crippen LogP contribution in [0, 0.1) is 5.82 Å². The summed E-state index contributed by atoms with van der Waals surface area (Å²) in [6, 6.07) is 3.30. The summed E-state index contributed by atoms with van der Waals surface area (Å²) in [5.74, 6) is -1.43. The van der Waals surface area contributed by atoms with Gasteiger partial charge >= 0.3 is 6.18 Å². The second kappa shape index (κ2) is 4.45. The normalized spacial score (nSPS) is 11.6. The summed E-state index contributed by atoms with van der Waals surface area (Å²) < 4.78 is 60.6. The highest BCUT2D eigenvalue weighted by atomic mass is 19.4. The molecule has 0 radical (unpaired) electrons. The molecule has 0 fully saturated rings. The first-order valence-corrected chi connectivity index (χ1v) is 5.01. The maximum absolute atomic E-state index is 13.5. The zero-order valence-corrected chi connectivity index (χ0v) is 9.58. The Bertz CT molecular complexity index is 607. The summed E-state index contributed by atoms with van der Waals surface area (Å²) in [5, 5.41) is 2.86. The van der Waals surface area contributed by atoms with E-state index in [1.807, 2.05) is 0 Å². The van der Waals surface area contributed by atoms with Crippen molar-refractivity contribution in [1.29, 1.82) is 0 Å². The summed E-state index contributed by atoms with van der Waals surface area (Å²) in [7, 11) is 1.24. The number of halogens is 4. The van der Waals surface area contributed by atoms with E-state index in [2.05, 4.69) is 14.4 Å². The third kappa shape index (κ3) is 2.33. The third-order valence-electron chi connectivity index (χ3n) is 2.43. The summed E-state index contributed by atoms with van der Waals surface area (Å²) in [5.41, 5.74) is 3.43. The van der Waals surface area contributed by atoms with Gasteiger partial charge in [-0.15, -0.1) is 0 Å². The zero-order chi connectivity index (χ0) is 14.2. The molecule has 0 saturated heterocycles. The number of hydrogen-bond donors (Lipinski definition) is 1. The van der Waals surface area contributed by atoms with Gasteiger partial charge in [0.25, 0.3) is 0 Å². The molecule has 0 aliphatic carbocycles. The Labute approximate surface area is 104 Å². The van der Waals surface area contributed by atoms with Crippen molar-refractivity contribution in [3.63, 3.8) is 0 Å². The first kappa shape index (κ1) is 13.2. The van der Waals surface area contributed by atoms with Crippen LogP contribution in [0.1, 0.15) is 5.69 Å². The molecule has 8 heteroatoms. The van der Waals surface area contributed by atoms with Gasteiger partial charge in [-0.05, 0) is 17.7 Å². The molecule has 0 bridgehead atoms. The fourth-order valence-electron chi connectivity index (χ4n) is 1.60. The zero-order valence-electron chi connectivity index (χ0n) is 9.58. The van der Waals surface area contributed by atoms with E-state index in [4.69, 9.17) is 5.73 Å². The number of alkyl halides is 3. The number of hydrogen-bond acceptors (Lipinski definition) is 4. The largest absolute Gasteiger partial charge is 0.494 e. The van der Waals surface area contributed by atoms with Crippen molar-refractivity contribution in [2.45, 2.75) is 6.18 Å². The highest BCUT2D eigenvalue weighted by Gasteiger charge is 2.39. The van der Waals surface area contributed by atoms with Crippen LogP contribution in [0.15, 0.2) is 22.7 Å². The van der Waals surface area contributed by atoms with Gasteiger partial charge in [0.15, 0.2) is 17.3 Å². The van der Waals surface area contributed by atoms with Gasteiger partial charge in [-0.3, -0.25) is 0 Å². The van der Waals surface area contributed by atoms with Crippen LogP contribution in [0.4, 0.5) is 23.4 Å². The fourth-order valence-corrected chi connectivity index (χ4v) is 1.60. The molecular weight excluding hydrogens is 268 g/mol. The maximum Gasteiger partial charge on any atom is 0.437 e. The highest BCUT2D eigenvalue weighted by Crippen LogP contribution is 2.40. The van der Waals surface area contributed by atoms with Crippen LogP contribution in [0.5, 0.6) is 5.75 Å². The lowest BCUT2D eigenvalue weighted by molar-refractivity contribution is -0.142. The van der Waals surface area contributed by atoms with Crippen molar-refractivity contribution in [3.8, 4) is 16.9 Å². The highest BCUT2D eigenvalue weighted by molar-refractivity contribution is 5.76. The van der Waals surface area contributed by atoms with Gasteiger partial charge < -0.3 is 15.0 Å². The van der Waals surface area contributed by atoms with E-state index in [-0.39, 0.29) is 11.3 Å². The Morgan fingerprint density at radius 1 is 1.32 bits per heavy atom. The Hall–Kier alpha value is -2.25. The number of methoxy groups -OCH3 is 1.